The lowest BCUT2D eigenvalue weighted by molar-refractivity contribution is 0.426. The SMILES string of the molecule is OB(O)c1ccccc1.c1ccc([SiH](c2ccccc2)c2ccccc2)cc1. The van der Waals surface area contributed by atoms with E-state index < -0.39 is 15.9 Å². The van der Waals surface area contributed by atoms with E-state index in [1.165, 1.54) is 15.6 Å². The van der Waals surface area contributed by atoms with Crippen LogP contribution in [0.4, 0.5) is 0 Å². The van der Waals surface area contributed by atoms with E-state index in [0.717, 1.165) is 0 Å². The molecule has 0 aliphatic heterocycles. The summed E-state index contributed by atoms with van der Waals surface area (Å²) in [5, 5.41) is 21.6. The van der Waals surface area contributed by atoms with Crippen molar-refractivity contribution >= 4 is 36.9 Å². The van der Waals surface area contributed by atoms with Crippen LogP contribution in [0.2, 0.25) is 0 Å². The van der Waals surface area contributed by atoms with E-state index in [1.807, 2.05) is 6.07 Å². The normalized spacial score (nSPS) is 10.1. The first kappa shape index (κ1) is 19.8. The molecule has 0 aliphatic rings. The Morgan fingerprint density at radius 1 is 0.429 bits per heavy atom. The van der Waals surface area contributed by atoms with Gasteiger partial charge in [-0.25, -0.2) is 0 Å². The van der Waals surface area contributed by atoms with Crippen LogP contribution in [0.3, 0.4) is 0 Å². The standard InChI is InChI=1S/C18H16Si.C6H7BO2/c1-4-10-16(11-5-1)19(17-12-6-2-7-13-17)18-14-8-3-9-15-18;8-7(9)6-4-2-1-3-5-6/h1-15,19H;1-5,8-9H. The van der Waals surface area contributed by atoms with Gasteiger partial charge < -0.3 is 10.0 Å². The Labute approximate surface area is 168 Å². The number of rotatable bonds is 4. The van der Waals surface area contributed by atoms with Gasteiger partial charge >= 0.3 is 7.12 Å². The molecular weight excluding hydrogens is 359 g/mol. The second-order valence-corrected chi connectivity index (χ2v) is 9.32. The van der Waals surface area contributed by atoms with Crippen LogP contribution in [0.1, 0.15) is 0 Å². The Hall–Kier alpha value is -2.92. The van der Waals surface area contributed by atoms with Gasteiger partial charge in [-0.15, -0.1) is 0 Å². The Morgan fingerprint density at radius 3 is 0.964 bits per heavy atom. The molecule has 0 aliphatic carbocycles. The van der Waals surface area contributed by atoms with E-state index in [0.29, 0.717) is 5.46 Å². The zero-order chi connectivity index (χ0) is 19.6. The molecule has 2 nitrogen and oxygen atoms in total. The Balaban J connectivity index is 0.000000211. The lowest BCUT2D eigenvalue weighted by Crippen LogP contribution is -2.51. The van der Waals surface area contributed by atoms with E-state index in [2.05, 4.69) is 91.0 Å². The molecular formula is C24H23BO2Si. The lowest BCUT2D eigenvalue weighted by atomic mass is 9.81. The van der Waals surface area contributed by atoms with Gasteiger partial charge in [-0.2, -0.15) is 0 Å². The molecule has 4 aromatic rings. The fourth-order valence-electron chi connectivity index (χ4n) is 3.14. The highest BCUT2D eigenvalue weighted by atomic mass is 28.3. The average molecular weight is 382 g/mol. The monoisotopic (exact) mass is 382 g/mol. The summed E-state index contributed by atoms with van der Waals surface area (Å²) in [5.74, 6) is 0. The number of benzene rings is 4. The molecule has 0 unspecified atom stereocenters. The van der Waals surface area contributed by atoms with Gasteiger partial charge in [0.2, 0.25) is 0 Å². The molecule has 28 heavy (non-hydrogen) atoms. The topological polar surface area (TPSA) is 40.5 Å². The predicted octanol–water partition coefficient (Wildman–Crippen LogP) is 1.30. The molecule has 0 bridgehead atoms. The molecule has 138 valence electrons. The quantitative estimate of drug-likeness (QED) is 0.413. The minimum Gasteiger partial charge on any atom is -0.423 e. The third-order valence-electron chi connectivity index (χ3n) is 4.50. The smallest absolute Gasteiger partial charge is 0.423 e. The molecule has 2 N–H and O–H groups in total. The van der Waals surface area contributed by atoms with E-state index >= 15 is 0 Å². The van der Waals surface area contributed by atoms with Gasteiger partial charge in [-0.05, 0) is 5.46 Å². The van der Waals surface area contributed by atoms with Crippen LogP contribution < -0.4 is 21.0 Å². The largest absolute Gasteiger partial charge is 0.488 e. The molecule has 4 rings (SSSR count). The summed E-state index contributed by atoms with van der Waals surface area (Å²) in [6.07, 6.45) is 0. The first-order chi connectivity index (χ1) is 13.8. The molecule has 0 heterocycles. The molecule has 4 heteroatoms. The Morgan fingerprint density at radius 2 is 0.714 bits per heavy atom. The fourth-order valence-corrected chi connectivity index (χ4v) is 6.12. The highest BCUT2D eigenvalue weighted by molar-refractivity contribution is 6.95. The molecule has 0 saturated heterocycles. The summed E-state index contributed by atoms with van der Waals surface area (Å²) in [6, 6.07) is 41.3. The van der Waals surface area contributed by atoms with Crippen LogP contribution in [0.5, 0.6) is 0 Å². The van der Waals surface area contributed by atoms with E-state index in [1.54, 1.807) is 24.3 Å². The maximum atomic E-state index is 8.58. The highest BCUT2D eigenvalue weighted by Gasteiger charge is 2.17. The minimum absolute atomic E-state index is 0.525. The summed E-state index contributed by atoms with van der Waals surface area (Å²) in [7, 11) is -2.65. The molecule has 0 spiro atoms. The van der Waals surface area contributed by atoms with Crippen molar-refractivity contribution < 1.29 is 10.0 Å². The number of hydrogen-bond acceptors (Lipinski definition) is 2. The first-order valence-corrected chi connectivity index (χ1v) is 11.0. The Kier molecular flexibility index (Phi) is 7.38. The van der Waals surface area contributed by atoms with Crippen molar-refractivity contribution in [1.29, 1.82) is 0 Å². The molecule has 0 amide bonds. The third-order valence-corrected chi connectivity index (χ3v) is 7.65. The van der Waals surface area contributed by atoms with Gasteiger partial charge in [-0.1, -0.05) is 137 Å². The summed E-state index contributed by atoms with van der Waals surface area (Å²) in [5.41, 5.74) is 0.525. The van der Waals surface area contributed by atoms with Crippen molar-refractivity contribution in [2.45, 2.75) is 0 Å². The molecule has 0 saturated carbocycles. The van der Waals surface area contributed by atoms with Gasteiger partial charge in [0.25, 0.3) is 0 Å². The number of hydrogen-bond donors (Lipinski definition) is 2. The van der Waals surface area contributed by atoms with Gasteiger partial charge in [0.1, 0.15) is 8.80 Å². The van der Waals surface area contributed by atoms with E-state index in [-0.39, 0.29) is 0 Å². The van der Waals surface area contributed by atoms with Gasteiger partial charge in [0, 0.05) is 0 Å². The summed E-state index contributed by atoms with van der Waals surface area (Å²) < 4.78 is 0. The minimum atomic E-state index is -1.34. The first-order valence-electron chi connectivity index (χ1n) is 9.31. The lowest BCUT2D eigenvalue weighted by Gasteiger charge is -2.16. The summed E-state index contributed by atoms with van der Waals surface area (Å²) in [6.45, 7) is 0. The Bertz CT molecular complexity index is 839. The maximum absolute atomic E-state index is 8.58. The van der Waals surface area contributed by atoms with Gasteiger partial charge in [-0.3, -0.25) is 0 Å². The molecule has 0 aromatic heterocycles. The average Bonchev–Trinajstić information content (AvgIpc) is 2.77. The molecule has 0 fully saturated rings. The summed E-state index contributed by atoms with van der Waals surface area (Å²) >= 11 is 0. The van der Waals surface area contributed by atoms with Crippen LogP contribution >= 0.6 is 0 Å². The van der Waals surface area contributed by atoms with Crippen molar-refractivity contribution in [1.82, 2.24) is 0 Å². The van der Waals surface area contributed by atoms with E-state index in [9.17, 15) is 0 Å². The summed E-state index contributed by atoms with van der Waals surface area (Å²) in [4.78, 5) is 0. The highest BCUT2D eigenvalue weighted by Crippen LogP contribution is 1.95. The maximum Gasteiger partial charge on any atom is 0.488 e. The van der Waals surface area contributed by atoms with Crippen LogP contribution in [0.25, 0.3) is 0 Å². The van der Waals surface area contributed by atoms with Crippen molar-refractivity contribution in [3.63, 3.8) is 0 Å². The molecule has 0 radical (unpaired) electrons. The predicted molar refractivity (Wildman–Crippen MR) is 122 cm³/mol. The zero-order valence-electron chi connectivity index (χ0n) is 15.6. The van der Waals surface area contributed by atoms with Crippen molar-refractivity contribution in [2.24, 2.45) is 0 Å². The van der Waals surface area contributed by atoms with E-state index in [4.69, 9.17) is 10.0 Å². The van der Waals surface area contributed by atoms with Crippen LogP contribution in [0.15, 0.2) is 121 Å². The van der Waals surface area contributed by atoms with Crippen molar-refractivity contribution in [3.8, 4) is 0 Å². The molecule has 0 atom stereocenters. The van der Waals surface area contributed by atoms with Crippen LogP contribution in [0, 0.1) is 0 Å². The molecule has 4 aromatic carbocycles. The van der Waals surface area contributed by atoms with Gasteiger partial charge in [0.15, 0.2) is 0 Å². The van der Waals surface area contributed by atoms with Crippen molar-refractivity contribution in [3.05, 3.63) is 121 Å². The zero-order valence-corrected chi connectivity index (χ0v) is 16.8. The fraction of sp³-hybridized carbons (Fsp3) is 0. The van der Waals surface area contributed by atoms with Crippen LogP contribution in [-0.4, -0.2) is 26.0 Å². The van der Waals surface area contributed by atoms with Crippen molar-refractivity contribution in [2.75, 3.05) is 0 Å². The van der Waals surface area contributed by atoms with Crippen LogP contribution in [-0.2, 0) is 0 Å². The second kappa shape index (κ2) is 10.4. The second-order valence-electron chi connectivity index (χ2n) is 6.45. The van der Waals surface area contributed by atoms with Gasteiger partial charge in [0.05, 0.1) is 0 Å². The third kappa shape index (κ3) is 5.54.